The maximum Gasteiger partial charge on any atom is 0.147 e. The Labute approximate surface area is 118 Å². The van der Waals surface area contributed by atoms with E-state index in [-0.39, 0.29) is 12.2 Å². The van der Waals surface area contributed by atoms with E-state index in [0.717, 1.165) is 11.1 Å². The SMILES string of the molecule is CC(C)(C(=O)Cc1cccnc1N)c1ccc(N)cc1. The second-order valence-electron chi connectivity index (χ2n) is 5.39. The summed E-state index contributed by atoms with van der Waals surface area (Å²) < 4.78 is 0. The van der Waals surface area contributed by atoms with Crippen LogP contribution in [0.1, 0.15) is 25.0 Å². The molecule has 1 heterocycles. The highest BCUT2D eigenvalue weighted by atomic mass is 16.1. The average Bonchev–Trinajstić information content (AvgIpc) is 2.41. The lowest BCUT2D eigenvalue weighted by Crippen LogP contribution is -2.30. The fourth-order valence-electron chi connectivity index (χ4n) is 2.06. The number of ketones is 1. The van der Waals surface area contributed by atoms with Gasteiger partial charge in [-0.3, -0.25) is 4.79 Å². The molecular formula is C16H19N3O. The van der Waals surface area contributed by atoms with Gasteiger partial charge in [0.2, 0.25) is 0 Å². The third-order valence-electron chi connectivity index (χ3n) is 3.61. The van der Waals surface area contributed by atoms with E-state index in [4.69, 9.17) is 11.5 Å². The topological polar surface area (TPSA) is 82.0 Å². The number of aromatic nitrogens is 1. The van der Waals surface area contributed by atoms with Crippen molar-refractivity contribution < 1.29 is 4.79 Å². The third-order valence-corrected chi connectivity index (χ3v) is 3.61. The molecule has 0 amide bonds. The Balaban J connectivity index is 2.23. The van der Waals surface area contributed by atoms with E-state index < -0.39 is 5.41 Å². The van der Waals surface area contributed by atoms with E-state index in [2.05, 4.69) is 4.98 Å². The number of Topliss-reactive ketones (excluding diaryl/α,β-unsaturated/α-hetero) is 1. The van der Waals surface area contributed by atoms with E-state index in [1.54, 1.807) is 12.3 Å². The molecule has 0 aliphatic heterocycles. The highest BCUT2D eigenvalue weighted by molar-refractivity contribution is 5.91. The van der Waals surface area contributed by atoms with Gasteiger partial charge in [-0.2, -0.15) is 0 Å². The molecule has 0 saturated heterocycles. The summed E-state index contributed by atoms with van der Waals surface area (Å²) in [4.78, 5) is 16.6. The van der Waals surface area contributed by atoms with Gasteiger partial charge in [0.05, 0.1) is 0 Å². The van der Waals surface area contributed by atoms with Crippen molar-refractivity contribution in [2.75, 3.05) is 11.5 Å². The molecule has 0 fully saturated rings. The van der Waals surface area contributed by atoms with Gasteiger partial charge < -0.3 is 11.5 Å². The van der Waals surface area contributed by atoms with Crippen molar-refractivity contribution in [3.8, 4) is 0 Å². The molecule has 0 saturated carbocycles. The van der Waals surface area contributed by atoms with E-state index in [1.165, 1.54) is 0 Å². The molecule has 0 atom stereocenters. The number of hydrogen-bond acceptors (Lipinski definition) is 4. The maximum atomic E-state index is 12.6. The van der Waals surface area contributed by atoms with E-state index >= 15 is 0 Å². The van der Waals surface area contributed by atoms with Crippen molar-refractivity contribution in [1.82, 2.24) is 4.98 Å². The van der Waals surface area contributed by atoms with Gasteiger partial charge in [0.1, 0.15) is 11.6 Å². The zero-order valence-corrected chi connectivity index (χ0v) is 11.8. The first-order valence-corrected chi connectivity index (χ1v) is 6.50. The van der Waals surface area contributed by atoms with Crippen LogP contribution in [-0.2, 0) is 16.6 Å². The van der Waals surface area contributed by atoms with Crippen LogP contribution >= 0.6 is 0 Å². The summed E-state index contributed by atoms with van der Waals surface area (Å²) in [5.74, 6) is 0.510. The van der Waals surface area contributed by atoms with E-state index in [0.29, 0.717) is 11.5 Å². The Hall–Kier alpha value is -2.36. The minimum absolute atomic E-state index is 0.0990. The quantitative estimate of drug-likeness (QED) is 0.835. The van der Waals surface area contributed by atoms with Crippen LogP contribution in [0.15, 0.2) is 42.6 Å². The lowest BCUT2D eigenvalue weighted by Gasteiger charge is -2.24. The van der Waals surface area contributed by atoms with Gasteiger partial charge in [-0.05, 0) is 37.6 Å². The molecule has 4 nitrogen and oxygen atoms in total. The minimum atomic E-state index is -0.587. The number of anilines is 2. The molecule has 4 heteroatoms. The number of carbonyl (C=O) groups excluding carboxylic acids is 1. The zero-order chi connectivity index (χ0) is 14.8. The Morgan fingerprint density at radius 3 is 2.40 bits per heavy atom. The van der Waals surface area contributed by atoms with Crippen LogP contribution in [0, 0.1) is 0 Å². The predicted octanol–water partition coefficient (Wildman–Crippen LogP) is 2.34. The molecule has 0 bridgehead atoms. The summed E-state index contributed by atoms with van der Waals surface area (Å²) in [7, 11) is 0. The fourth-order valence-corrected chi connectivity index (χ4v) is 2.06. The van der Waals surface area contributed by atoms with Crippen LogP contribution in [-0.4, -0.2) is 10.8 Å². The van der Waals surface area contributed by atoms with Crippen molar-refractivity contribution in [1.29, 1.82) is 0 Å². The van der Waals surface area contributed by atoms with Crippen LogP contribution in [0.2, 0.25) is 0 Å². The normalized spacial score (nSPS) is 11.3. The number of rotatable bonds is 4. The van der Waals surface area contributed by atoms with Gasteiger partial charge in [0.25, 0.3) is 0 Å². The second kappa shape index (κ2) is 5.33. The Morgan fingerprint density at radius 1 is 1.15 bits per heavy atom. The molecule has 4 N–H and O–H groups in total. The molecular weight excluding hydrogens is 250 g/mol. The molecule has 0 unspecified atom stereocenters. The number of nitrogens with zero attached hydrogens (tertiary/aromatic N) is 1. The number of benzene rings is 1. The van der Waals surface area contributed by atoms with Gasteiger partial charge in [-0.25, -0.2) is 4.98 Å². The zero-order valence-electron chi connectivity index (χ0n) is 11.8. The van der Waals surface area contributed by atoms with Crippen molar-refractivity contribution in [3.05, 3.63) is 53.7 Å². The van der Waals surface area contributed by atoms with Crippen molar-refractivity contribution in [2.45, 2.75) is 25.7 Å². The van der Waals surface area contributed by atoms with Gasteiger partial charge >= 0.3 is 0 Å². The summed E-state index contributed by atoms with van der Waals surface area (Å²) in [5.41, 5.74) is 13.3. The molecule has 0 radical (unpaired) electrons. The summed E-state index contributed by atoms with van der Waals surface area (Å²) in [5, 5.41) is 0. The van der Waals surface area contributed by atoms with Crippen LogP contribution in [0.5, 0.6) is 0 Å². The lowest BCUT2D eigenvalue weighted by molar-refractivity contribution is -0.122. The summed E-state index contributed by atoms with van der Waals surface area (Å²) in [6.45, 7) is 3.82. The molecule has 20 heavy (non-hydrogen) atoms. The molecule has 2 aromatic rings. The second-order valence-corrected chi connectivity index (χ2v) is 5.39. The number of pyridine rings is 1. The van der Waals surface area contributed by atoms with Gasteiger partial charge in [0, 0.05) is 29.3 Å². The lowest BCUT2D eigenvalue weighted by atomic mass is 9.78. The molecule has 1 aromatic carbocycles. The molecule has 1 aromatic heterocycles. The molecule has 0 aliphatic carbocycles. The molecule has 2 rings (SSSR count). The number of hydrogen-bond donors (Lipinski definition) is 2. The number of nitrogens with two attached hydrogens (primary N) is 2. The number of carbonyl (C=O) groups is 1. The fraction of sp³-hybridized carbons (Fsp3) is 0.250. The van der Waals surface area contributed by atoms with E-state index in [1.807, 2.05) is 44.2 Å². The smallest absolute Gasteiger partial charge is 0.147 e. The number of nitrogen functional groups attached to an aromatic ring is 2. The average molecular weight is 269 g/mol. The Morgan fingerprint density at radius 2 is 1.80 bits per heavy atom. The van der Waals surface area contributed by atoms with Crippen molar-refractivity contribution in [2.24, 2.45) is 0 Å². The predicted molar refractivity (Wildman–Crippen MR) is 81.2 cm³/mol. The van der Waals surface area contributed by atoms with Crippen LogP contribution in [0.25, 0.3) is 0 Å². The van der Waals surface area contributed by atoms with Crippen LogP contribution in [0.3, 0.4) is 0 Å². The van der Waals surface area contributed by atoms with Gasteiger partial charge in [0.15, 0.2) is 0 Å². The van der Waals surface area contributed by atoms with Crippen molar-refractivity contribution in [3.63, 3.8) is 0 Å². The Bertz CT molecular complexity index is 618. The van der Waals surface area contributed by atoms with E-state index in [9.17, 15) is 4.79 Å². The first-order valence-electron chi connectivity index (χ1n) is 6.50. The van der Waals surface area contributed by atoms with Gasteiger partial charge in [-0.15, -0.1) is 0 Å². The highest BCUT2D eigenvalue weighted by Crippen LogP contribution is 2.27. The van der Waals surface area contributed by atoms with Crippen molar-refractivity contribution >= 4 is 17.3 Å². The standard InChI is InChI=1S/C16H19N3O/c1-16(2,12-5-7-13(17)8-6-12)14(20)10-11-4-3-9-19-15(11)18/h3-9H,10,17H2,1-2H3,(H2,18,19). The van der Waals surface area contributed by atoms with Crippen LogP contribution < -0.4 is 11.5 Å². The minimum Gasteiger partial charge on any atom is -0.399 e. The first-order chi connectivity index (χ1) is 9.41. The third kappa shape index (κ3) is 2.79. The summed E-state index contributed by atoms with van der Waals surface area (Å²) in [6, 6.07) is 11.0. The molecule has 104 valence electrons. The highest BCUT2D eigenvalue weighted by Gasteiger charge is 2.29. The molecule has 0 spiro atoms. The Kier molecular flexibility index (Phi) is 3.74. The maximum absolute atomic E-state index is 12.6. The summed E-state index contributed by atoms with van der Waals surface area (Å²) >= 11 is 0. The monoisotopic (exact) mass is 269 g/mol. The van der Waals surface area contributed by atoms with Crippen LogP contribution in [0.4, 0.5) is 11.5 Å². The molecule has 0 aliphatic rings. The summed E-state index contributed by atoms with van der Waals surface area (Å²) in [6.07, 6.45) is 1.89. The van der Waals surface area contributed by atoms with Gasteiger partial charge in [-0.1, -0.05) is 18.2 Å². The first kappa shape index (κ1) is 14.1. The largest absolute Gasteiger partial charge is 0.399 e.